The fourth-order valence-corrected chi connectivity index (χ4v) is 33.6. The van der Waals surface area contributed by atoms with Crippen LogP contribution in [-0.4, -0.2) is 5.43 Å². The van der Waals surface area contributed by atoms with Crippen LogP contribution in [0.15, 0.2) is 60.7 Å². The minimum atomic E-state index is -2.51. The van der Waals surface area contributed by atoms with Crippen LogP contribution in [0, 0.1) is 0 Å². The summed E-state index contributed by atoms with van der Waals surface area (Å²) in [6.45, 7) is 7.71. The molecule has 0 saturated carbocycles. The predicted octanol–water partition coefficient (Wildman–Crippen LogP) is 3.37. The molecule has 2 aliphatic rings. The molecule has 128 valence electrons. The van der Waals surface area contributed by atoms with Gasteiger partial charge in [-0.3, -0.25) is 0 Å². The summed E-state index contributed by atoms with van der Waals surface area (Å²) < 4.78 is 2.92. The third-order valence-electron chi connectivity index (χ3n) is 6.22. The summed E-state index contributed by atoms with van der Waals surface area (Å²) in [4.78, 5) is 0. The molecule has 2 aliphatic carbocycles. The normalized spacial score (nSPS) is 20.8. The van der Waals surface area contributed by atoms with Gasteiger partial charge in [0.25, 0.3) is 0 Å². The van der Waals surface area contributed by atoms with Gasteiger partial charge in [-0.1, -0.05) is 0 Å². The smallest absolute Gasteiger partial charge is 1.00 e. The molecule has 2 aromatic rings. The molecule has 3 heteroatoms. The maximum Gasteiger partial charge on any atom is -1.00 e. The third kappa shape index (κ3) is 2.97. The van der Waals surface area contributed by atoms with Crippen LogP contribution in [0.2, 0.25) is 17.2 Å². The third-order valence-corrected chi connectivity index (χ3v) is 38.4. The molecule has 2 atom stereocenters. The summed E-state index contributed by atoms with van der Waals surface area (Å²) in [6, 6.07) is 18.2. The number of rotatable bonds is 3. The molecule has 25 heavy (non-hydrogen) atoms. The summed E-state index contributed by atoms with van der Waals surface area (Å²) in [5.74, 6) is 0. The largest absolute Gasteiger partial charge is 1.00 e. The number of halogens is 1. The first-order chi connectivity index (χ1) is 11.7. The average molecular weight is 489 g/mol. The van der Waals surface area contributed by atoms with E-state index >= 15 is 0 Å². The number of allylic oxidation sites excluding steroid dienone is 2. The number of benzene rings is 2. The van der Waals surface area contributed by atoms with E-state index in [0.717, 1.165) is 7.25 Å². The first-order valence-corrected chi connectivity index (χ1v) is 19.8. The molecule has 0 spiro atoms. The number of fused-ring (bicyclic) bond motifs is 2. The standard InChI is InChI=1S/2C9H7.C2H6Si.C2H5.BrH.Zr/c2*1-2-5-9-7-3-6-8(9)4-1;1-3-2;1-2;;/h2*1-7H;1-2H3;1H2,2H3;1H;/q;;;;;+1/p-1. The summed E-state index contributed by atoms with van der Waals surface area (Å²) in [5, 5.41) is 0. The van der Waals surface area contributed by atoms with Crippen LogP contribution in [-0.2, 0) is 18.9 Å². The van der Waals surface area contributed by atoms with Crippen LogP contribution >= 0.6 is 0 Å². The van der Waals surface area contributed by atoms with Crippen molar-refractivity contribution in [1.29, 1.82) is 0 Å². The SMILES string of the molecule is C[CH2][Zr+]([CH]1C=Cc2ccccc21)([CH]1C=Cc2ccccc21)=[Si](C)C.[Br-]. The molecule has 0 fully saturated rings. The summed E-state index contributed by atoms with van der Waals surface area (Å²) in [5.41, 5.74) is 5.86. The zero-order chi connectivity index (χ0) is 16.7. The van der Waals surface area contributed by atoms with Crippen molar-refractivity contribution in [3.05, 3.63) is 82.9 Å². The zero-order valence-corrected chi connectivity index (χ0v) is 20.2. The Hall–Kier alpha value is -0.500. The van der Waals surface area contributed by atoms with Gasteiger partial charge in [0, 0.05) is 0 Å². The van der Waals surface area contributed by atoms with E-state index in [2.05, 4.69) is 92.9 Å². The Morgan fingerprint density at radius 2 is 1.24 bits per heavy atom. The molecule has 0 aromatic heterocycles. The van der Waals surface area contributed by atoms with Crippen LogP contribution in [0.3, 0.4) is 0 Å². The van der Waals surface area contributed by atoms with Crippen LogP contribution in [0.4, 0.5) is 0 Å². The Bertz CT molecular complexity index is 840. The molecule has 0 nitrogen and oxygen atoms in total. The summed E-state index contributed by atoms with van der Waals surface area (Å²) in [7, 11) is 0. The van der Waals surface area contributed by atoms with E-state index in [0.29, 0.717) is 0 Å². The zero-order valence-electron chi connectivity index (χ0n) is 15.2. The fraction of sp³-hybridized carbons (Fsp3) is 0.273. The molecule has 0 radical (unpaired) electrons. The summed E-state index contributed by atoms with van der Waals surface area (Å²) >= 11 is -2.51. The van der Waals surface area contributed by atoms with E-state index < -0.39 is 18.9 Å². The molecule has 2 unspecified atom stereocenters. The molecule has 0 N–H and O–H groups in total. The minimum absolute atomic E-state index is 0. The van der Waals surface area contributed by atoms with Gasteiger partial charge in [-0.25, -0.2) is 0 Å². The average Bonchev–Trinajstić information content (AvgIpc) is 3.22. The van der Waals surface area contributed by atoms with E-state index in [9.17, 15) is 0 Å². The monoisotopic (exact) mass is 486 g/mol. The van der Waals surface area contributed by atoms with Crippen molar-refractivity contribution in [2.24, 2.45) is 0 Å². The van der Waals surface area contributed by atoms with Gasteiger partial charge in [0.05, 0.1) is 0 Å². The molecular weight excluding hydrogens is 463 g/mol. The Labute approximate surface area is 166 Å². The number of hydrogen-bond acceptors (Lipinski definition) is 0. The minimum Gasteiger partial charge on any atom is -1.00 e. The molecule has 0 aliphatic heterocycles. The maximum absolute atomic E-state index is 2.60. The molecule has 0 saturated heterocycles. The van der Waals surface area contributed by atoms with Crippen molar-refractivity contribution in [2.75, 3.05) is 0 Å². The second kappa shape index (κ2) is 7.62. The van der Waals surface area contributed by atoms with Crippen molar-refractivity contribution in [3.63, 3.8) is 0 Å². The first kappa shape index (κ1) is 19.3. The van der Waals surface area contributed by atoms with E-state index in [4.69, 9.17) is 0 Å². The molecule has 0 amide bonds. The Balaban J connectivity index is 0.00000182. The van der Waals surface area contributed by atoms with E-state index in [1.165, 1.54) is 15.3 Å². The second-order valence-electron chi connectivity index (χ2n) is 7.33. The van der Waals surface area contributed by atoms with Gasteiger partial charge in [-0.15, -0.1) is 0 Å². The van der Waals surface area contributed by atoms with Crippen LogP contribution in [0.25, 0.3) is 12.2 Å². The van der Waals surface area contributed by atoms with E-state index in [1.54, 1.807) is 11.1 Å². The van der Waals surface area contributed by atoms with E-state index in [1.807, 2.05) is 0 Å². The molecule has 2 aromatic carbocycles. The predicted molar refractivity (Wildman–Crippen MR) is 104 cm³/mol. The van der Waals surface area contributed by atoms with Crippen molar-refractivity contribution < 1.29 is 35.9 Å². The summed E-state index contributed by atoms with van der Waals surface area (Å²) in [6.07, 6.45) is 9.96. The Kier molecular flexibility index (Phi) is 5.88. The first-order valence-electron chi connectivity index (χ1n) is 9.03. The van der Waals surface area contributed by atoms with Gasteiger partial charge in [0.15, 0.2) is 0 Å². The van der Waals surface area contributed by atoms with Crippen LogP contribution < -0.4 is 17.0 Å². The van der Waals surface area contributed by atoms with Crippen molar-refractivity contribution >= 4 is 17.6 Å². The van der Waals surface area contributed by atoms with Gasteiger partial charge >= 0.3 is 151 Å². The number of hydrogen-bond donors (Lipinski definition) is 0. The molecule has 0 heterocycles. The molecule has 4 rings (SSSR count). The van der Waals surface area contributed by atoms with Crippen LogP contribution in [0.5, 0.6) is 0 Å². The van der Waals surface area contributed by atoms with Gasteiger partial charge in [-0.05, 0) is 0 Å². The van der Waals surface area contributed by atoms with Gasteiger partial charge < -0.3 is 17.0 Å². The van der Waals surface area contributed by atoms with Gasteiger partial charge in [0.2, 0.25) is 0 Å². The van der Waals surface area contributed by atoms with Crippen LogP contribution in [0.1, 0.15) is 36.4 Å². The second-order valence-corrected chi connectivity index (χ2v) is 32.1. The van der Waals surface area contributed by atoms with Crippen molar-refractivity contribution in [3.8, 4) is 0 Å². The fourth-order valence-electron chi connectivity index (χ4n) is 5.01. The maximum atomic E-state index is 2.60. The Morgan fingerprint density at radius 3 is 1.64 bits per heavy atom. The van der Waals surface area contributed by atoms with Crippen molar-refractivity contribution in [2.45, 2.75) is 31.4 Å². The van der Waals surface area contributed by atoms with Crippen molar-refractivity contribution in [1.82, 2.24) is 0 Å². The van der Waals surface area contributed by atoms with E-state index in [-0.39, 0.29) is 22.4 Å². The quantitative estimate of drug-likeness (QED) is 0.582. The van der Waals surface area contributed by atoms with Gasteiger partial charge in [0.1, 0.15) is 0 Å². The topological polar surface area (TPSA) is 0 Å². The molecule has 0 bridgehead atoms. The Morgan fingerprint density at radius 1 is 0.800 bits per heavy atom. The molecular formula is C22H25BrSiZr. The van der Waals surface area contributed by atoms with Gasteiger partial charge in [-0.2, -0.15) is 0 Å².